The lowest BCUT2D eigenvalue weighted by Gasteiger charge is -2.35. The second kappa shape index (κ2) is 88.9. The van der Waals surface area contributed by atoms with Crippen molar-refractivity contribution in [3.63, 3.8) is 0 Å². The van der Waals surface area contributed by atoms with E-state index in [0.29, 0.717) is 60.3 Å². The molecular formula is C115H189N11O12S. The zero-order valence-electron chi connectivity index (χ0n) is 82.0. The number of Topliss-reactive ketones (excluding diaryl/α,β-unsaturated/α-hetero) is 3. The predicted octanol–water partition coefficient (Wildman–Crippen LogP) is 29.5. The van der Waals surface area contributed by atoms with Crippen molar-refractivity contribution in [2.24, 2.45) is 29.6 Å². The average Bonchev–Trinajstić information content (AvgIpc) is 1.35. The number of sulfone groups is 1. The fraction of sp³-hybridized carbons (Fsp3) is 0.513. The number of aliphatic carboxylic acids is 1. The van der Waals surface area contributed by atoms with Crippen molar-refractivity contribution in [2.75, 3.05) is 61.8 Å². The van der Waals surface area contributed by atoms with Crippen LogP contribution in [0.5, 0.6) is 0 Å². The molecule has 2 saturated heterocycles. The summed E-state index contributed by atoms with van der Waals surface area (Å²) in [4.78, 5) is 106. The maximum Gasteiger partial charge on any atom is 0.308 e. The van der Waals surface area contributed by atoms with E-state index >= 15 is 0 Å². The molecule has 4 heterocycles. The number of aryl methyl sites for hydroxylation is 2. The van der Waals surface area contributed by atoms with Crippen LogP contribution < -0.4 is 10.2 Å². The molecule has 3 N–H and O–H groups in total. The standard InChI is InChI=1S/C14H20O.C13H20N4O.C10H13NO.C10H11N.C9H10N4.C9H17NO.C9H10O.C9H12.C8H10O2S.C6H12O2.C5H10O.C4H8O2.9CH4/c1-4-5-9-14(15)13-8-6-7-12(10-13)11(2)3;1-11(2)10-12(18)16-6-8-17(9-7-16)13-14-4-3-5-15-13;1-8(2)10(12)11-9-6-4-3-5-7-9;1-8(2)9-4-6-10(11-3)7-5-9;1-2-7-3-5-8(6-4-7)9-10-12-13-11-9;1-2-6-9(11)10-7-4-3-5-8-10;1-2-9(10)8-6-4-3-5-7-8;1-2-6-9-7-4-3-5-8-9;1-2-11(9,10)8-6-4-3-5-7-8;1-4-8-6(7)5(2)3;1-4(2)5(3)6;1-3(2)4(5)6;;;;;;;;;/h6-8,10-11H,4-5,9H2,1-3H3;3-5,11H,6-10H2,1-2H3;3-8H,1-2H3,(H,11,12);4-8H,1-2H3;3-6H,2H2,1H3,(H,10,11,12,13);2-8H2,1H3;3-7H,2H2,1H3;3-5,7-8H,2,6H2,1H3;3-7H,2H2,1H3;5H,4H2,1-3H3;4H,1-3H3;3H,1-2H3,(H,5,6);9*1H4. The first kappa shape index (κ1) is 148. The van der Waals surface area contributed by atoms with Crippen LogP contribution in [0.3, 0.4) is 0 Å². The average molecular weight is 1950 g/mol. The van der Waals surface area contributed by atoms with E-state index in [2.05, 4.69) is 168 Å². The summed E-state index contributed by atoms with van der Waals surface area (Å²) in [5, 5.41) is 24.5. The van der Waals surface area contributed by atoms with Gasteiger partial charge in [-0.1, -0.05) is 382 Å². The van der Waals surface area contributed by atoms with Crippen LogP contribution in [0.15, 0.2) is 217 Å². The van der Waals surface area contributed by atoms with E-state index in [9.17, 15) is 46.8 Å². The first-order valence-electron chi connectivity index (χ1n) is 46.1. The van der Waals surface area contributed by atoms with Crippen molar-refractivity contribution in [2.45, 2.75) is 319 Å². The van der Waals surface area contributed by atoms with Gasteiger partial charge in [-0.3, -0.25) is 38.4 Å². The number of carbonyl (C=O) groups is 8. The summed E-state index contributed by atoms with van der Waals surface area (Å²) in [6.45, 7) is 55.0. The second-order valence-electron chi connectivity index (χ2n) is 32.9. The number of piperidine rings is 1. The first-order chi connectivity index (χ1) is 61.9. The molecule has 0 unspecified atom stereocenters. The number of carboxylic acid groups (broad SMARTS) is 1. The molecule has 3 amide bonds. The fourth-order valence-electron chi connectivity index (χ4n) is 10.9. The monoisotopic (exact) mass is 1950 g/mol. The van der Waals surface area contributed by atoms with Crippen molar-refractivity contribution < 1.29 is 56.6 Å². The molecule has 2 aliphatic rings. The summed E-state index contributed by atoms with van der Waals surface area (Å²) >= 11 is 0. The van der Waals surface area contributed by atoms with Crippen LogP contribution in [-0.4, -0.2) is 153 Å². The van der Waals surface area contributed by atoms with Gasteiger partial charge in [0.1, 0.15) is 5.78 Å². The van der Waals surface area contributed by atoms with Crippen molar-refractivity contribution in [3.8, 4) is 11.4 Å². The Morgan fingerprint density at radius 3 is 1.37 bits per heavy atom. The number of nitrogens with zero attached hydrogens (tertiary/aromatic N) is 9. The first-order valence-corrected chi connectivity index (χ1v) is 47.7. The minimum atomic E-state index is -3.00. The van der Waals surface area contributed by atoms with Crippen LogP contribution in [0.1, 0.15) is 345 Å². The van der Waals surface area contributed by atoms with E-state index < -0.39 is 15.8 Å². The summed E-state index contributed by atoms with van der Waals surface area (Å²) in [6, 6.07) is 63.6. The van der Waals surface area contributed by atoms with Gasteiger partial charge in [0.15, 0.2) is 27.1 Å². The van der Waals surface area contributed by atoms with Gasteiger partial charge in [-0.2, -0.15) is 5.21 Å². The Labute approximate surface area is 845 Å². The lowest BCUT2D eigenvalue weighted by molar-refractivity contribution is -0.146. The number of carboxylic acids is 1. The van der Waals surface area contributed by atoms with E-state index in [1.807, 2.05) is 180 Å². The molecule has 0 saturated carbocycles. The molecule has 9 aromatic rings. The number of nitrogens with one attached hydrogen (secondary N) is 2. The van der Waals surface area contributed by atoms with Gasteiger partial charge in [0.05, 0.1) is 35.7 Å². The predicted molar refractivity (Wildman–Crippen MR) is 591 cm³/mol. The number of anilines is 2. The van der Waals surface area contributed by atoms with E-state index in [0.717, 1.165) is 105 Å². The van der Waals surface area contributed by atoms with Gasteiger partial charge in [-0.25, -0.2) is 23.2 Å². The lowest BCUT2D eigenvalue weighted by atomic mass is 9.98. The van der Waals surface area contributed by atoms with Crippen LogP contribution >= 0.6 is 0 Å². The Balaban J connectivity index is -0.000000164. The van der Waals surface area contributed by atoms with Gasteiger partial charge >= 0.3 is 11.9 Å². The summed E-state index contributed by atoms with van der Waals surface area (Å²) in [5.41, 5.74) is 9.54. The lowest BCUT2D eigenvalue weighted by Crippen LogP contribution is -2.49. The minimum absolute atomic E-state index is 0. The van der Waals surface area contributed by atoms with E-state index in [1.54, 1.807) is 77.3 Å². The number of benzene rings is 7. The highest BCUT2D eigenvalue weighted by atomic mass is 32.2. The zero-order valence-corrected chi connectivity index (χ0v) is 82.8. The molecule has 24 heteroatoms. The molecule has 2 aliphatic heterocycles. The Hall–Kier alpha value is -11.7. The van der Waals surface area contributed by atoms with Gasteiger partial charge in [-0.05, 0) is 140 Å². The number of H-pyrrole nitrogens is 1. The molecule has 11 rings (SSSR count). The topological polar surface area (TPSA) is 307 Å². The molecule has 2 aromatic heterocycles. The third-order valence-corrected chi connectivity index (χ3v) is 21.2. The molecule has 0 bridgehead atoms. The van der Waals surface area contributed by atoms with Crippen molar-refractivity contribution in [3.05, 3.63) is 257 Å². The van der Waals surface area contributed by atoms with Gasteiger partial charge in [0.25, 0.3) is 0 Å². The highest BCUT2D eigenvalue weighted by molar-refractivity contribution is 7.91. The molecule has 2 fully saturated rings. The summed E-state index contributed by atoms with van der Waals surface area (Å²) in [7, 11) is -3.00. The molecular weight excluding hydrogens is 1760 g/mol. The maximum absolute atomic E-state index is 11.9. The van der Waals surface area contributed by atoms with Crippen LogP contribution in [0.4, 0.5) is 17.3 Å². The van der Waals surface area contributed by atoms with E-state index in [1.165, 1.54) is 54.4 Å². The third-order valence-electron chi connectivity index (χ3n) is 19.4. The maximum atomic E-state index is 11.9. The number of rotatable bonds is 25. The van der Waals surface area contributed by atoms with Gasteiger partial charge in [0, 0.05) is 112 Å². The number of unbranched alkanes of at least 4 members (excludes halogenated alkanes) is 1. The number of aromatic amines is 1. The number of aromatic nitrogens is 6. The van der Waals surface area contributed by atoms with E-state index in [-0.39, 0.29) is 131 Å². The summed E-state index contributed by atoms with van der Waals surface area (Å²) in [6.07, 6.45) is 16.4. The number of esters is 1. The van der Waals surface area contributed by atoms with Gasteiger partial charge < -0.3 is 29.9 Å². The third kappa shape index (κ3) is 69.7. The molecule has 0 aliphatic carbocycles. The normalized spacial score (nSPS) is 10.8. The molecule has 0 atom stereocenters. The Kier molecular flexibility index (Phi) is 94.4. The number of amides is 3. The molecule has 139 heavy (non-hydrogen) atoms. The number of para-hydroxylation sites is 1. The van der Waals surface area contributed by atoms with Crippen LogP contribution in [0.2, 0.25) is 0 Å². The van der Waals surface area contributed by atoms with Crippen LogP contribution in [0, 0.1) is 36.2 Å². The smallest absolute Gasteiger partial charge is 0.308 e. The number of carbonyl (C=O) groups excluding carboxylic acids is 7. The number of piperazine rings is 1. The van der Waals surface area contributed by atoms with Crippen LogP contribution in [-0.2, 0) is 56.2 Å². The van der Waals surface area contributed by atoms with Crippen molar-refractivity contribution in [1.82, 2.24) is 40.4 Å². The zero-order chi connectivity index (χ0) is 97.8. The number of tetrazole rings is 1. The van der Waals surface area contributed by atoms with Crippen molar-refractivity contribution >= 4 is 74.2 Å². The SMILES string of the molecule is C.C.C.C.C.C.C.C.C.CC(=O)C(C)C.CC(C)C(=O)Nc1ccccc1.CC(C)C(=O)O.CC(C)CC(=O)N1CCN(c2ncccn2)CC1.CCC(=O)c1ccccc1.CCCC(=O)N1CCCCC1.CCCCC(=O)c1cccc(C(C)C)c1.CCCc1ccccc1.CCOC(=O)C(C)C.CCS(=O)(=O)c1ccccc1.CCc1ccc(-c2nn[nH]n2)cc1.[C-]#[N+]c1ccc(C(C)C)cc1. The van der Waals surface area contributed by atoms with Gasteiger partial charge in [0.2, 0.25) is 29.5 Å². The molecule has 0 spiro atoms. The minimum Gasteiger partial charge on any atom is -0.481 e. The number of ketones is 3. The van der Waals surface area contributed by atoms with Crippen molar-refractivity contribution in [1.29, 1.82) is 0 Å². The van der Waals surface area contributed by atoms with E-state index in [4.69, 9.17) is 11.7 Å². The summed E-state index contributed by atoms with van der Waals surface area (Å²) in [5.74, 6) is 3.61. The quantitative estimate of drug-likeness (QED) is 0.0272. The Morgan fingerprint density at radius 1 is 0.496 bits per heavy atom. The highest BCUT2D eigenvalue weighted by Gasteiger charge is 2.23. The highest BCUT2D eigenvalue weighted by Crippen LogP contribution is 2.21. The second-order valence-corrected chi connectivity index (χ2v) is 35.2. The Bertz CT molecular complexity index is 4640. The molecule has 0 radical (unpaired) electrons. The molecule has 782 valence electrons. The largest absolute Gasteiger partial charge is 0.481 e. The number of hydrogen-bond acceptors (Lipinski definition) is 17. The fourth-order valence-corrected chi connectivity index (χ4v) is 11.8. The number of ether oxygens (including phenoxy) is 1. The molecule has 7 aromatic carbocycles. The van der Waals surface area contributed by atoms with Gasteiger partial charge in [-0.15, -0.1) is 10.2 Å². The number of hydrogen-bond donors (Lipinski definition) is 3. The Morgan fingerprint density at radius 2 is 0.978 bits per heavy atom. The van der Waals surface area contributed by atoms with Crippen LogP contribution in [0.25, 0.3) is 16.2 Å². The number of likely N-dealkylation sites (tertiary alicyclic amines) is 1. The summed E-state index contributed by atoms with van der Waals surface area (Å²) < 4.78 is 27.1. The molecule has 23 nitrogen and oxygen atoms in total.